The zero-order valence-electron chi connectivity index (χ0n) is 9.06. The summed E-state index contributed by atoms with van der Waals surface area (Å²) in [6, 6.07) is 13.1. The molecule has 1 N–H and O–H groups in total. The molecule has 0 aliphatic carbocycles. The topological polar surface area (TPSA) is 37.3 Å². The average molecular weight is 391 g/mol. The number of hydrogen-bond acceptors (Lipinski definition) is 2. The van der Waals surface area contributed by atoms with Gasteiger partial charge in [0.25, 0.3) is 0 Å². The molecule has 0 unspecified atom stereocenters. The van der Waals surface area contributed by atoms with Crippen LogP contribution in [0.2, 0.25) is 5.02 Å². The van der Waals surface area contributed by atoms with E-state index in [-0.39, 0.29) is 10.6 Å². The number of hydrogen-bond donors (Lipinski definition) is 1. The van der Waals surface area contributed by atoms with Gasteiger partial charge in [0, 0.05) is 13.4 Å². The molecule has 0 radical (unpaired) electrons. The molecule has 2 nitrogen and oxygen atoms in total. The molecule has 0 aliphatic rings. The van der Waals surface area contributed by atoms with Gasteiger partial charge in [-0.25, -0.2) is 4.79 Å². The number of aromatic carboxylic acids is 1. The molecule has 0 amide bonds. The van der Waals surface area contributed by atoms with Crippen molar-refractivity contribution in [2.75, 3.05) is 0 Å². The van der Waals surface area contributed by atoms with Crippen LogP contribution in [-0.4, -0.2) is 11.1 Å². The Balaban J connectivity index is 2.22. The number of carboxylic acids is 1. The highest BCUT2D eigenvalue weighted by Gasteiger charge is 2.09. The van der Waals surface area contributed by atoms with E-state index in [0.29, 0.717) is 0 Å². The van der Waals surface area contributed by atoms with E-state index in [0.717, 1.165) is 9.79 Å². The summed E-state index contributed by atoms with van der Waals surface area (Å²) in [5.74, 6) is -1.01. The molecule has 18 heavy (non-hydrogen) atoms. The fourth-order valence-corrected chi connectivity index (χ4v) is 2.91. The van der Waals surface area contributed by atoms with Crippen molar-refractivity contribution in [1.29, 1.82) is 0 Å². The maximum Gasteiger partial charge on any atom is 0.337 e. The van der Waals surface area contributed by atoms with Crippen molar-refractivity contribution in [2.24, 2.45) is 0 Å². The van der Waals surface area contributed by atoms with E-state index in [1.807, 2.05) is 24.3 Å². The van der Waals surface area contributed by atoms with Gasteiger partial charge >= 0.3 is 5.97 Å². The molecule has 2 aromatic rings. The second kappa shape index (κ2) is 5.95. The van der Waals surface area contributed by atoms with Crippen LogP contribution in [0.3, 0.4) is 0 Å². The van der Waals surface area contributed by atoms with Crippen LogP contribution in [-0.2, 0) is 0 Å². The van der Waals surface area contributed by atoms with Gasteiger partial charge in [-0.05, 0) is 65.1 Å². The first-order valence-electron chi connectivity index (χ1n) is 5.02. The standard InChI is InChI=1S/C13H8ClIO2S/c14-12-7-10(5-6-11(12)13(16)17)18-9-3-1-8(15)2-4-9/h1-7H,(H,16,17). The van der Waals surface area contributed by atoms with Crippen molar-refractivity contribution in [3.8, 4) is 0 Å². The molecule has 2 rings (SSSR count). The molecule has 0 bridgehead atoms. The number of carboxylic acid groups (broad SMARTS) is 1. The third kappa shape index (κ3) is 3.40. The molecule has 0 fully saturated rings. The molecular weight excluding hydrogens is 383 g/mol. The monoisotopic (exact) mass is 390 g/mol. The minimum atomic E-state index is -1.01. The predicted molar refractivity (Wildman–Crippen MR) is 81.7 cm³/mol. The maximum atomic E-state index is 10.8. The fourth-order valence-electron chi connectivity index (χ4n) is 1.37. The Morgan fingerprint density at radius 3 is 2.28 bits per heavy atom. The second-order valence-electron chi connectivity index (χ2n) is 3.50. The van der Waals surface area contributed by atoms with Crippen molar-refractivity contribution in [3.05, 3.63) is 56.6 Å². The summed E-state index contributed by atoms with van der Waals surface area (Å²) < 4.78 is 1.18. The zero-order chi connectivity index (χ0) is 13.1. The molecule has 2 aromatic carbocycles. The van der Waals surface area contributed by atoms with Crippen LogP contribution in [0.1, 0.15) is 10.4 Å². The maximum absolute atomic E-state index is 10.8. The van der Waals surface area contributed by atoms with Crippen molar-refractivity contribution < 1.29 is 9.90 Å². The minimum absolute atomic E-state index is 0.128. The van der Waals surface area contributed by atoms with E-state index < -0.39 is 5.97 Å². The third-order valence-corrected chi connectivity index (χ3v) is 4.25. The Hall–Kier alpha value is -0.720. The average Bonchev–Trinajstić information content (AvgIpc) is 2.32. The van der Waals surface area contributed by atoms with Crippen LogP contribution >= 0.6 is 46.0 Å². The van der Waals surface area contributed by atoms with E-state index in [2.05, 4.69) is 22.6 Å². The van der Waals surface area contributed by atoms with Crippen LogP contribution in [0.25, 0.3) is 0 Å². The van der Waals surface area contributed by atoms with E-state index in [1.54, 1.807) is 23.9 Å². The molecule has 0 saturated heterocycles. The first-order chi connectivity index (χ1) is 8.56. The van der Waals surface area contributed by atoms with Crippen LogP contribution in [0.15, 0.2) is 52.3 Å². The molecule has 0 spiro atoms. The Morgan fingerprint density at radius 1 is 1.11 bits per heavy atom. The van der Waals surface area contributed by atoms with Gasteiger partial charge in [-0.15, -0.1) is 0 Å². The lowest BCUT2D eigenvalue weighted by Crippen LogP contribution is -1.96. The molecular formula is C13H8ClIO2S. The van der Waals surface area contributed by atoms with E-state index >= 15 is 0 Å². The molecule has 0 saturated carbocycles. The van der Waals surface area contributed by atoms with E-state index in [1.165, 1.54) is 9.64 Å². The van der Waals surface area contributed by atoms with Gasteiger partial charge in [-0.2, -0.15) is 0 Å². The first kappa shape index (κ1) is 13.7. The lowest BCUT2D eigenvalue weighted by atomic mass is 10.2. The van der Waals surface area contributed by atoms with Crippen molar-refractivity contribution in [1.82, 2.24) is 0 Å². The Labute approximate surface area is 127 Å². The Bertz CT molecular complexity index is 584. The number of halogens is 2. The van der Waals surface area contributed by atoms with Gasteiger partial charge in [-0.1, -0.05) is 23.4 Å². The lowest BCUT2D eigenvalue weighted by Gasteiger charge is -2.04. The number of benzene rings is 2. The Morgan fingerprint density at radius 2 is 1.72 bits per heavy atom. The summed E-state index contributed by atoms with van der Waals surface area (Å²) in [6.45, 7) is 0. The quantitative estimate of drug-likeness (QED) is 0.765. The molecule has 0 heterocycles. The van der Waals surface area contributed by atoms with Crippen LogP contribution in [0.5, 0.6) is 0 Å². The van der Waals surface area contributed by atoms with Gasteiger partial charge in [0.05, 0.1) is 10.6 Å². The first-order valence-corrected chi connectivity index (χ1v) is 7.30. The summed E-state index contributed by atoms with van der Waals surface area (Å²) in [6.07, 6.45) is 0. The molecule has 0 aromatic heterocycles. The fraction of sp³-hybridized carbons (Fsp3) is 0. The third-order valence-electron chi connectivity index (χ3n) is 2.22. The molecule has 5 heteroatoms. The summed E-state index contributed by atoms with van der Waals surface area (Å²) in [7, 11) is 0. The van der Waals surface area contributed by atoms with Crippen LogP contribution in [0, 0.1) is 3.57 Å². The van der Waals surface area contributed by atoms with Gasteiger partial charge in [0.1, 0.15) is 0 Å². The van der Waals surface area contributed by atoms with Gasteiger partial charge < -0.3 is 5.11 Å². The minimum Gasteiger partial charge on any atom is -0.478 e. The smallest absolute Gasteiger partial charge is 0.337 e. The number of carbonyl (C=O) groups is 1. The normalized spacial score (nSPS) is 10.3. The van der Waals surface area contributed by atoms with Crippen molar-refractivity contribution in [3.63, 3.8) is 0 Å². The molecule has 0 atom stereocenters. The van der Waals surface area contributed by atoms with Crippen LogP contribution in [0.4, 0.5) is 0 Å². The van der Waals surface area contributed by atoms with Crippen molar-refractivity contribution >= 4 is 51.9 Å². The van der Waals surface area contributed by atoms with Crippen LogP contribution < -0.4 is 0 Å². The zero-order valence-corrected chi connectivity index (χ0v) is 12.8. The molecule has 0 aliphatic heterocycles. The van der Waals surface area contributed by atoms with E-state index in [4.69, 9.17) is 16.7 Å². The lowest BCUT2D eigenvalue weighted by molar-refractivity contribution is 0.0697. The van der Waals surface area contributed by atoms with E-state index in [9.17, 15) is 4.79 Å². The second-order valence-corrected chi connectivity index (χ2v) is 6.30. The summed E-state index contributed by atoms with van der Waals surface area (Å²) in [5, 5.41) is 9.15. The van der Waals surface area contributed by atoms with Gasteiger partial charge in [0.2, 0.25) is 0 Å². The summed E-state index contributed by atoms with van der Waals surface area (Å²) in [4.78, 5) is 12.9. The summed E-state index contributed by atoms with van der Waals surface area (Å²) >= 11 is 9.72. The van der Waals surface area contributed by atoms with Gasteiger partial charge in [-0.3, -0.25) is 0 Å². The summed E-state index contributed by atoms with van der Waals surface area (Å²) in [5.41, 5.74) is 0.128. The predicted octanol–water partition coefficient (Wildman–Crippen LogP) is 4.79. The molecule has 92 valence electrons. The SMILES string of the molecule is O=C(O)c1ccc(Sc2ccc(I)cc2)cc1Cl. The van der Waals surface area contributed by atoms with Gasteiger partial charge in [0.15, 0.2) is 0 Å². The largest absolute Gasteiger partial charge is 0.478 e. The Kier molecular flexibility index (Phi) is 4.53. The highest BCUT2D eigenvalue weighted by Crippen LogP contribution is 2.31. The van der Waals surface area contributed by atoms with Crippen molar-refractivity contribution in [2.45, 2.75) is 9.79 Å². The highest BCUT2D eigenvalue weighted by molar-refractivity contribution is 14.1. The highest BCUT2D eigenvalue weighted by atomic mass is 127. The number of rotatable bonds is 3.